The minimum Gasteiger partial charge on any atom is -0.312 e. The Morgan fingerprint density at radius 2 is 2.10 bits per heavy atom. The molecular formula is C12H18ClN3O4S. The van der Waals surface area contributed by atoms with Crippen molar-refractivity contribution in [3.05, 3.63) is 33.9 Å². The van der Waals surface area contributed by atoms with E-state index in [0.29, 0.717) is 25.2 Å². The van der Waals surface area contributed by atoms with Crippen molar-refractivity contribution in [2.24, 2.45) is 0 Å². The Morgan fingerprint density at radius 1 is 1.43 bits per heavy atom. The lowest BCUT2D eigenvalue weighted by molar-refractivity contribution is -0.385. The monoisotopic (exact) mass is 335 g/mol. The van der Waals surface area contributed by atoms with E-state index in [1.54, 1.807) is 6.92 Å². The minimum atomic E-state index is -3.68. The molecule has 1 aromatic rings. The Labute approximate surface area is 129 Å². The first-order valence-corrected chi connectivity index (χ1v) is 7.75. The van der Waals surface area contributed by atoms with Crippen LogP contribution in [-0.4, -0.2) is 43.3 Å². The Balaban J connectivity index is 0.00000220. The summed E-state index contributed by atoms with van der Waals surface area (Å²) in [6.45, 7) is 4.80. The molecule has 0 radical (unpaired) electrons. The number of benzene rings is 1. The van der Waals surface area contributed by atoms with Gasteiger partial charge in [0, 0.05) is 37.3 Å². The molecule has 1 aliphatic heterocycles. The van der Waals surface area contributed by atoms with Crippen molar-refractivity contribution < 1.29 is 13.3 Å². The van der Waals surface area contributed by atoms with Crippen LogP contribution < -0.4 is 5.32 Å². The smallest absolute Gasteiger partial charge is 0.273 e. The van der Waals surface area contributed by atoms with Gasteiger partial charge >= 0.3 is 0 Å². The molecule has 0 unspecified atom stereocenters. The largest absolute Gasteiger partial charge is 0.312 e. The van der Waals surface area contributed by atoms with Crippen molar-refractivity contribution >= 4 is 28.1 Å². The van der Waals surface area contributed by atoms with Gasteiger partial charge in [0.25, 0.3) is 5.69 Å². The molecule has 0 spiro atoms. The number of nitrogens with zero attached hydrogens (tertiary/aromatic N) is 2. The molecular weight excluding hydrogens is 318 g/mol. The van der Waals surface area contributed by atoms with Gasteiger partial charge < -0.3 is 5.32 Å². The molecule has 1 fully saturated rings. The van der Waals surface area contributed by atoms with Gasteiger partial charge in [0.2, 0.25) is 10.0 Å². The Hall–Kier alpha value is -1.22. The summed E-state index contributed by atoms with van der Waals surface area (Å²) in [6.07, 6.45) is 0. The molecule has 0 bridgehead atoms. The summed E-state index contributed by atoms with van der Waals surface area (Å²) in [5, 5.41) is 14.1. The maximum atomic E-state index is 12.5. The maximum absolute atomic E-state index is 12.5. The van der Waals surface area contributed by atoms with E-state index in [4.69, 9.17) is 0 Å². The van der Waals surface area contributed by atoms with Crippen LogP contribution in [0.15, 0.2) is 23.1 Å². The highest BCUT2D eigenvalue weighted by Gasteiger charge is 2.29. The number of rotatable bonds is 3. The van der Waals surface area contributed by atoms with Crippen LogP contribution in [0.25, 0.3) is 0 Å². The van der Waals surface area contributed by atoms with Crippen molar-refractivity contribution in [1.82, 2.24) is 9.62 Å². The first-order valence-electron chi connectivity index (χ1n) is 6.31. The highest BCUT2D eigenvalue weighted by molar-refractivity contribution is 7.89. The van der Waals surface area contributed by atoms with Crippen LogP contribution in [0.4, 0.5) is 5.69 Å². The lowest BCUT2D eigenvalue weighted by Crippen LogP contribution is -2.51. The Kier molecular flexibility index (Phi) is 5.68. The van der Waals surface area contributed by atoms with E-state index in [1.165, 1.54) is 16.4 Å². The lowest BCUT2D eigenvalue weighted by Gasteiger charge is -2.30. The van der Waals surface area contributed by atoms with Crippen molar-refractivity contribution in [1.29, 1.82) is 0 Å². The fourth-order valence-corrected chi connectivity index (χ4v) is 3.76. The van der Waals surface area contributed by atoms with Crippen molar-refractivity contribution in [2.75, 3.05) is 19.6 Å². The van der Waals surface area contributed by atoms with Crippen LogP contribution >= 0.6 is 12.4 Å². The SMILES string of the molecule is Cc1ccc(S(=O)(=O)N2CCN[C@@H](C)C2)cc1[N+](=O)[O-].Cl. The zero-order valence-corrected chi connectivity index (χ0v) is 13.4. The molecule has 2 rings (SSSR count). The first-order chi connectivity index (χ1) is 9.32. The zero-order valence-electron chi connectivity index (χ0n) is 11.8. The first kappa shape index (κ1) is 17.8. The third-order valence-corrected chi connectivity index (χ3v) is 5.21. The second-order valence-electron chi connectivity index (χ2n) is 4.92. The molecule has 21 heavy (non-hydrogen) atoms. The Morgan fingerprint density at radius 3 is 2.67 bits per heavy atom. The van der Waals surface area contributed by atoms with Crippen LogP contribution in [0.1, 0.15) is 12.5 Å². The molecule has 0 aromatic heterocycles. The van der Waals surface area contributed by atoms with Crippen LogP contribution in [-0.2, 0) is 10.0 Å². The quantitative estimate of drug-likeness (QED) is 0.664. The van der Waals surface area contributed by atoms with Gasteiger partial charge in [0.15, 0.2) is 0 Å². The second-order valence-corrected chi connectivity index (χ2v) is 6.86. The predicted molar refractivity (Wildman–Crippen MR) is 81.3 cm³/mol. The molecule has 1 heterocycles. The summed E-state index contributed by atoms with van der Waals surface area (Å²) in [5.74, 6) is 0. The third-order valence-electron chi connectivity index (χ3n) is 3.35. The molecule has 1 N–H and O–H groups in total. The molecule has 1 saturated heterocycles. The summed E-state index contributed by atoms with van der Waals surface area (Å²) >= 11 is 0. The van der Waals surface area contributed by atoms with E-state index < -0.39 is 14.9 Å². The molecule has 0 amide bonds. The van der Waals surface area contributed by atoms with Crippen LogP contribution in [0.5, 0.6) is 0 Å². The number of halogens is 1. The number of sulfonamides is 1. The van der Waals surface area contributed by atoms with E-state index in [9.17, 15) is 18.5 Å². The number of hydrogen-bond acceptors (Lipinski definition) is 5. The van der Waals surface area contributed by atoms with Crippen molar-refractivity contribution in [3.63, 3.8) is 0 Å². The molecule has 1 aromatic carbocycles. The number of nitrogens with one attached hydrogen (secondary N) is 1. The highest BCUT2D eigenvalue weighted by Crippen LogP contribution is 2.25. The standard InChI is InChI=1S/C12H17N3O4S.ClH/c1-9-3-4-11(7-12(9)15(16)17)20(18,19)14-6-5-13-10(2)8-14;/h3-4,7,10,13H,5-6,8H2,1-2H3;1H/t10-;/m0./s1. The van der Waals surface area contributed by atoms with Gasteiger partial charge in [-0.25, -0.2) is 8.42 Å². The van der Waals surface area contributed by atoms with Gasteiger partial charge in [0.05, 0.1) is 9.82 Å². The molecule has 1 aliphatic rings. The zero-order chi connectivity index (χ0) is 14.9. The van der Waals surface area contributed by atoms with Crippen LogP contribution in [0.3, 0.4) is 0 Å². The van der Waals surface area contributed by atoms with Gasteiger partial charge in [-0.2, -0.15) is 4.31 Å². The van der Waals surface area contributed by atoms with E-state index in [0.717, 1.165) is 6.07 Å². The average Bonchev–Trinajstić information content (AvgIpc) is 2.38. The van der Waals surface area contributed by atoms with Crippen LogP contribution in [0.2, 0.25) is 0 Å². The molecule has 9 heteroatoms. The van der Waals surface area contributed by atoms with Gasteiger partial charge in [-0.05, 0) is 19.9 Å². The van der Waals surface area contributed by atoms with Crippen LogP contribution in [0, 0.1) is 17.0 Å². The number of piperazine rings is 1. The number of nitro groups is 1. The average molecular weight is 336 g/mol. The van der Waals surface area contributed by atoms with Gasteiger partial charge in [-0.15, -0.1) is 12.4 Å². The van der Waals surface area contributed by atoms with E-state index in [-0.39, 0.29) is 29.0 Å². The van der Waals surface area contributed by atoms with E-state index in [2.05, 4.69) is 5.32 Å². The molecule has 0 saturated carbocycles. The summed E-state index contributed by atoms with van der Waals surface area (Å²) in [7, 11) is -3.68. The molecule has 118 valence electrons. The van der Waals surface area contributed by atoms with E-state index >= 15 is 0 Å². The summed E-state index contributed by atoms with van der Waals surface area (Å²) in [6, 6.07) is 4.09. The minimum absolute atomic E-state index is 0. The summed E-state index contributed by atoms with van der Waals surface area (Å²) in [4.78, 5) is 10.3. The molecule has 7 nitrogen and oxygen atoms in total. The summed E-state index contributed by atoms with van der Waals surface area (Å²) < 4.78 is 26.4. The lowest BCUT2D eigenvalue weighted by atomic mass is 10.2. The van der Waals surface area contributed by atoms with Gasteiger partial charge in [-0.3, -0.25) is 10.1 Å². The molecule has 0 aliphatic carbocycles. The fraction of sp³-hybridized carbons (Fsp3) is 0.500. The fourth-order valence-electron chi connectivity index (χ4n) is 2.21. The van der Waals surface area contributed by atoms with E-state index in [1.807, 2.05) is 6.92 Å². The van der Waals surface area contributed by atoms with Gasteiger partial charge in [0.1, 0.15) is 0 Å². The maximum Gasteiger partial charge on any atom is 0.273 e. The third kappa shape index (κ3) is 3.70. The second kappa shape index (κ2) is 6.69. The Bertz CT molecular complexity index is 635. The topological polar surface area (TPSA) is 92.6 Å². The van der Waals surface area contributed by atoms with Crippen molar-refractivity contribution in [3.8, 4) is 0 Å². The highest BCUT2D eigenvalue weighted by atomic mass is 35.5. The van der Waals surface area contributed by atoms with Gasteiger partial charge in [-0.1, -0.05) is 6.07 Å². The number of hydrogen-bond donors (Lipinski definition) is 1. The number of nitro benzene ring substituents is 1. The predicted octanol–water partition coefficient (Wildman–Crippen LogP) is 1.31. The van der Waals surface area contributed by atoms with Crippen molar-refractivity contribution in [2.45, 2.75) is 24.8 Å². The number of aryl methyl sites for hydroxylation is 1. The normalized spacial score (nSPS) is 19.8. The summed E-state index contributed by atoms with van der Waals surface area (Å²) in [5.41, 5.74) is 0.275. The molecule has 1 atom stereocenters.